The molecule has 0 saturated heterocycles. The van der Waals surface area contributed by atoms with E-state index >= 15 is 0 Å². The van der Waals surface area contributed by atoms with Crippen LogP contribution in [0.5, 0.6) is 0 Å². The molecule has 5 nitrogen and oxygen atoms in total. The molecule has 1 heterocycles. The van der Waals surface area contributed by atoms with Crippen LogP contribution in [0.2, 0.25) is 0 Å². The molecule has 0 spiro atoms. The van der Waals surface area contributed by atoms with Crippen molar-refractivity contribution in [2.45, 2.75) is 25.9 Å². The lowest BCUT2D eigenvalue weighted by atomic mass is 10.2. The molecule has 0 bridgehead atoms. The third-order valence-corrected chi connectivity index (χ3v) is 4.10. The second-order valence-corrected chi connectivity index (χ2v) is 5.98. The van der Waals surface area contributed by atoms with E-state index in [-0.39, 0.29) is 0 Å². The van der Waals surface area contributed by atoms with Crippen LogP contribution in [0.15, 0.2) is 41.5 Å². The number of aliphatic imine (C=N–C) groups is 1. The molecule has 1 fully saturated rings. The SMILES string of the molecule is CN=C(NC1CC1C)N(C)Cc1ncc(-c2ccccc2)[nH]1. The van der Waals surface area contributed by atoms with Crippen LogP contribution in [0, 0.1) is 5.92 Å². The summed E-state index contributed by atoms with van der Waals surface area (Å²) in [5.41, 5.74) is 2.20. The summed E-state index contributed by atoms with van der Waals surface area (Å²) in [7, 11) is 3.86. The van der Waals surface area contributed by atoms with Crippen molar-refractivity contribution < 1.29 is 0 Å². The predicted octanol–water partition coefficient (Wildman–Crippen LogP) is 2.49. The molecule has 2 atom stereocenters. The number of benzene rings is 1. The molecule has 2 aromatic rings. The van der Waals surface area contributed by atoms with E-state index in [9.17, 15) is 0 Å². The summed E-state index contributed by atoms with van der Waals surface area (Å²) >= 11 is 0. The molecule has 5 heteroatoms. The number of rotatable bonds is 4. The minimum absolute atomic E-state index is 0.567. The zero-order valence-corrected chi connectivity index (χ0v) is 13.4. The Hall–Kier alpha value is -2.30. The monoisotopic (exact) mass is 297 g/mol. The highest BCUT2D eigenvalue weighted by Crippen LogP contribution is 2.29. The lowest BCUT2D eigenvalue weighted by molar-refractivity contribution is 0.462. The summed E-state index contributed by atoms with van der Waals surface area (Å²) < 4.78 is 0. The Kier molecular flexibility index (Phi) is 4.13. The molecule has 0 amide bonds. The van der Waals surface area contributed by atoms with E-state index in [1.54, 1.807) is 0 Å². The van der Waals surface area contributed by atoms with Crippen molar-refractivity contribution in [3.8, 4) is 11.3 Å². The molecular formula is C17H23N5. The first kappa shape index (κ1) is 14.6. The number of imidazole rings is 1. The molecule has 2 N–H and O–H groups in total. The molecule has 0 radical (unpaired) electrons. The summed E-state index contributed by atoms with van der Waals surface area (Å²) in [6, 6.07) is 10.8. The average Bonchev–Trinajstić information content (AvgIpc) is 3.03. The Balaban J connectivity index is 1.64. The fourth-order valence-electron chi connectivity index (χ4n) is 2.54. The second-order valence-electron chi connectivity index (χ2n) is 5.98. The number of nitrogens with one attached hydrogen (secondary N) is 2. The number of hydrogen-bond acceptors (Lipinski definition) is 2. The smallest absolute Gasteiger partial charge is 0.194 e. The second kappa shape index (κ2) is 6.22. The molecule has 1 aliphatic rings. The van der Waals surface area contributed by atoms with Gasteiger partial charge in [0.15, 0.2) is 5.96 Å². The molecule has 1 aliphatic carbocycles. The van der Waals surface area contributed by atoms with E-state index in [1.807, 2.05) is 38.5 Å². The van der Waals surface area contributed by atoms with Gasteiger partial charge in [-0.2, -0.15) is 0 Å². The van der Waals surface area contributed by atoms with Crippen LogP contribution in [-0.2, 0) is 6.54 Å². The van der Waals surface area contributed by atoms with Crippen molar-refractivity contribution in [1.82, 2.24) is 20.2 Å². The Bertz CT molecular complexity index is 646. The number of aromatic amines is 1. The van der Waals surface area contributed by atoms with Gasteiger partial charge in [-0.05, 0) is 17.9 Å². The minimum Gasteiger partial charge on any atom is -0.353 e. The highest BCUT2D eigenvalue weighted by atomic mass is 15.3. The molecule has 1 aromatic carbocycles. The highest BCUT2D eigenvalue weighted by molar-refractivity contribution is 5.80. The molecule has 0 aliphatic heterocycles. The van der Waals surface area contributed by atoms with E-state index in [2.05, 4.69) is 44.2 Å². The largest absolute Gasteiger partial charge is 0.353 e. The first-order chi connectivity index (χ1) is 10.7. The van der Waals surface area contributed by atoms with E-state index in [0.29, 0.717) is 12.6 Å². The zero-order valence-electron chi connectivity index (χ0n) is 13.4. The van der Waals surface area contributed by atoms with E-state index in [1.165, 1.54) is 6.42 Å². The number of nitrogens with zero attached hydrogens (tertiary/aromatic N) is 3. The molecule has 22 heavy (non-hydrogen) atoms. The van der Waals surface area contributed by atoms with Gasteiger partial charge < -0.3 is 15.2 Å². The molecule has 3 rings (SSSR count). The first-order valence-electron chi connectivity index (χ1n) is 7.71. The Morgan fingerprint density at radius 1 is 1.41 bits per heavy atom. The lowest BCUT2D eigenvalue weighted by Crippen LogP contribution is -2.40. The third-order valence-electron chi connectivity index (χ3n) is 4.10. The van der Waals surface area contributed by atoms with Gasteiger partial charge in [-0.1, -0.05) is 37.3 Å². The molecule has 2 unspecified atom stereocenters. The quantitative estimate of drug-likeness (QED) is 0.673. The lowest BCUT2D eigenvalue weighted by Gasteiger charge is -2.21. The first-order valence-corrected chi connectivity index (χ1v) is 7.71. The third kappa shape index (κ3) is 3.30. The van der Waals surface area contributed by atoms with Crippen LogP contribution >= 0.6 is 0 Å². The van der Waals surface area contributed by atoms with Crippen molar-refractivity contribution in [3.63, 3.8) is 0 Å². The van der Waals surface area contributed by atoms with Gasteiger partial charge in [0.2, 0.25) is 0 Å². The fourth-order valence-corrected chi connectivity index (χ4v) is 2.54. The summed E-state index contributed by atoms with van der Waals surface area (Å²) in [6.45, 7) is 2.96. The summed E-state index contributed by atoms with van der Waals surface area (Å²) in [4.78, 5) is 14.3. The standard InChI is InChI=1S/C17H23N5/c1-12-9-14(12)21-17(18-2)22(3)11-16-19-10-15(20-16)13-7-5-4-6-8-13/h4-8,10,12,14H,9,11H2,1-3H3,(H,18,21)(H,19,20). The van der Waals surface area contributed by atoms with Gasteiger partial charge in [0.25, 0.3) is 0 Å². The minimum atomic E-state index is 0.567. The Morgan fingerprint density at radius 2 is 2.14 bits per heavy atom. The molecule has 1 saturated carbocycles. The number of aromatic nitrogens is 2. The number of hydrogen-bond donors (Lipinski definition) is 2. The number of guanidine groups is 1. The van der Waals surface area contributed by atoms with Crippen molar-refractivity contribution >= 4 is 5.96 Å². The normalized spacial score (nSPS) is 20.8. The predicted molar refractivity (Wildman–Crippen MR) is 89.6 cm³/mol. The fraction of sp³-hybridized carbons (Fsp3) is 0.412. The molecular weight excluding hydrogens is 274 g/mol. The highest BCUT2D eigenvalue weighted by Gasteiger charge is 2.33. The summed E-state index contributed by atoms with van der Waals surface area (Å²) in [6.07, 6.45) is 3.11. The Labute approximate surface area is 131 Å². The van der Waals surface area contributed by atoms with Gasteiger partial charge in [0.1, 0.15) is 5.82 Å². The average molecular weight is 297 g/mol. The number of H-pyrrole nitrogens is 1. The van der Waals surface area contributed by atoms with Gasteiger partial charge in [0, 0.05) is 20.1 Å². The summed E-state index contributed by atoms with van der Waals surface area (Å²) in [5.74, 6) is 2.61. The maximum Gasteiger partial charge on any atom is 0.194 e. The van der Waals surface area contributed by atoms with E-state index in [4.69, 9.17) is 0 Å². The summed E-state index contributed by atoms with van der Waals surface area (Å²) in [5, 5.41) is 3.48. The Morgan fingerprint density at radius 3 is 2.77 bits per heavy atom. The van der Waals surface area contributed by atoms with Crippen molar-refractivity contribution in [2.24, 2.45) is 10.9 Å². The van der Waals surface area contributed by atoms with E-state index in [0.717, 1.165) is 29.0 Å². The van der Waals surface area contributed by atoms with Crippen molar-refractivity contribution in [1.29, 1.82) is 0 Å². The zero-order chi connectivity index (χ0) is 15.5. The van der Waals surface area contributed by atoms with Gasteiger partial charge >= 0.3 is 0 Å². The topological polar surface area (TPSA) is 56.3 Å². The van der Waals surface area contributed by atoms with Crippen LogP contribution in [0.4, 0.5) is 0 Å². The van der Waals surface area contributed by atoms with Gasteiger partial charge in [0.05, 0.1) is 18.4 Å². The van der Waals surface area contributed by atoms with Gasteiger partial charge in [-0.15, -0.1) is 0 Å². The van der Waals surface area contributed by atoms with Crippen LogP contribution < -0.4 is 5.32 Å². The van der Waals surface area contributed by atoms with Crippen LogP contribution in [0.25, 0.3) is 11.3 Å². The van der Waals surface area contributed by atoms with Gasteiger partial charge in [-0.3, -0.25) is 4.99 Å². The molecule has 116 valence electrons. The van der Waals surface area contributed by atoms with Crippen molar-refractivity contribution in [3.05, 3.63) is 42.4 Å². The van der Waals surface area contributed by atoms with Crippen LogP contribution in [-0.4, -0.2) is 41.0 Å². The van der Waals surface area contributed by atoms with E-state index < -0.39 is 0 Å². The molecule has 1 aromatic heterocycles. The van der Waals surface area contributed by atoms with Crippen molar-refractivity contribution in [2.75, 3.05) is 14.1 Å². The van der Waals surface area contributed by atoms with Crippen LogP contribution in [0.1, 0.15) is 19.2 Å². The van der Waals surface area contributed by atoms with Crippen LogP contribution in [0.3, 0.4) is 0 Å². The van der Waals surface area contributed by atoms with Gasteiger partial charge in [-0.25, -0.2) is 4.98 Å². The maximum atomic E-state index is 4.48. The maximum absolute atomic E-state index is 4.48.